The highest BCUT2D eigenvalue weighted by Crippen LogP contribution is 2.24. The van der Waals surface area contributed by atoms with Crippen LogP contribution in [0.15, 0.2) is 46.9 Å². The number of carbonyl (C=O) groups is 1. The molecule has 2 nitrogen and oxygen atoms in total. The number of benzene rings is 2. The minimum atomic E-state index is -0.330. The summed E-state index contributed by atoms with van der Waals surface area (Å²) in [4.78, 5) is 11.8. The lowest BCUT2D eigenvalue weighted by Crippen LogP contribution is -2.04. The molecule has 0 bridgehead atoms. The maximum absolute atomic E-state index is 13.4. The van der Waals surface area contributed by atoms with Crippen LogP contribution in [-0.4, -0.2) is 5.78 Å². The fraction of sp³-hybridized carbons (Fsp3) is 0.188. The molecule has 20 heavy (non-hydrogen) atoms. The van der Waals surface area contributed by atoms with Crippen LogP contribution in [0.2, 0.25) is 0 Å². The monoisotopic (exact) mass is 336 g/mol. The molecule has 0 spiro atoms. The predicted molar refractivity (Wildman–Crippen MR) is 79.5 cm³/mol. The number of carbonyl (C=O) groups excluding carboxylic acids is 1. The maximum atomic E-state index is 13.4. The lowest BCUT2D eigenvalue weighted by atomic mass is 10.1. The van der Waals surface area contributed by atoms with Crippen LogP contribution in [0.4, 0.5) is 4.39 Å². The Morgan fingerprint density at radius 3 is 2.70 bits per heavy atom. The van der Waals surface area contributed by atoms with Crippen molar-refractivity contribution in [2.75, 3.05) is 0 Å². The molecule has 0 aliphatic rings. The van der Waals surface area contributed by atoms with Gasteiger partial charge in [-0.25, -0.2) is 4.39 Å². The molecule has 0 saturated carbocycles. The quantitative estimate of drug-likeness (QED) is 0.736. The topological polar surface area (TPSA) is 26.3 Å². The van der Waals surface area contributed by atoms with Gasteiger partial charge in [0.25, 0.3) is 0 Å². The first-order valence-corrected chi connectivity index (χ1v) is 7.10. The second-order valence-electron chi connectivity index (χ2n) is 4.27. The number of para-hydroxylation sites is 1. The zero-order valence-corrected chi connectivity index (χ0v) is 12.6. The van der Waals surface area contributed by atoms with Crippen molar-refractivity contribution in [3.05, 3.63) is 63.9 Å². The maximum Gasteiger partial charge on any atom is 0.166 e. The Balaban J connectivity index is 2.19. The van der Waals surface area contributed by atoms with Gasteiger partial charge in [0.15, 0.2) is 5.78 Å². The van der Waals surface area contributed by atoms with E-state index in [-0.39, 0.29) is 18.2 Å². The highest BCUT2D eigenvalue weighted by atomic mass is 79.9. The number of hydrogen-bond donors (Lipinski definition) is 0. The lowest BCUT2D eigenvalue weighted by molar-refractivity contribution is 0.0983. The first-order valence-electron chi connectivity index (χ1n) is 6.31. The standard InChI is InChI=1S/C16H14BrFO2/c1-2-14(19)12-7-3-4-9-15(12)20-10-11-6-5-8-13(18)16(11)17/h3-9H,2,10H2,1H3. The molecule has 0 saturated heterocycles. The van der Waals surface area contributed by atoms with Crippen LogP contribution in [0.3, 0.4) is 0 Å². The number of ether oxygens (including phenoxy) is 1. The lowest BCUT2D eigenvalue weighted by Gasteiger charge is -2.11. The zero-order valence-electron chi connectivity index (χ0n) is 11.0. The molecule has 0 heterocycles. The highest BCUT2D eigenvalue weighted by molar-refractivity contribution is 9.10. The summed E-state index contributed by atoms with van der Waals surface area (Å²) in [5.41, 5.74) is 1.26. The normalized spacial score (nSPS) is 10.3. The molecule has 104 valence electrons. The second-order valence-corrected chi connectivity index (χ2v) is 5.07. The molecular weight excluding hydrogens is 323 g/mol. The van der Waals surface area contributed by atoms with Crippen LogP contribution in [0.25, 0.3) is 0 Å². The fourth-order valence-corrected chi connectivity index (χ4v) is 2.21. The highest BCUT2D eigenvalue weighted by Gasteiger charge is 2.11. The summed E-state index contributed by atoms with van der Waals surface area (Å²) in [6, 6.07) is 11.9. The molecule has 2 aromatic rings. The third-order valence-corrected chi connectivity index (χ3v) is 3.81. The van der Waals surface area contributed by atoms with E-state index in [4.69, 9.17) is 4.74 Å². The SMILES string of the molecule is CCC(=O)c1ccccc1OCc1cccc(F)c1Br. The summed E-state index contributed by atoms with van der Waals surface area (Å²) in [5, 5.41) is 0. The average Bonchev–Trinajstić information content (AvgIpc) is 2.48. The largest absolute Gasteiger partial charge is 0.488 e. The van der Waals surface area contributed by atoms with Crippen LogP contribution in [0, 0.1) is 5.82 Å². The molecule has 4 heteroatoms. The smallest absolute Gasteiger partial charge is 0.166 e. The number of rotatable bonds is 5. The molecule has 0 amide bonds. The molecule has 0 aliphatic carbocycles. The number of ketones is 1. The summed E-state index contributed by atoms with van der Waals surface area (Å²) in [6.07, 6.45) is 0.421. The van der Waals surface area contributed by atoms with Crippen molar-refractivity contribution in [2.45, 2.75) is 20.0 Å². The Labute approximate surface area is 125 Å². The molecule has 0 radical (unpaired) electrons. The Morgan fingerprint density at radius 1 is 1.20 bits per heavy atom. The molecule has 0 atom stereocenters. The van der Waals surface area contributed by atoms with Crippen molar-refractivity contribution in [3.8, 4) is 5.75 Å². The van der Waals surface area contributed by atoms with Crippen molar-refractivity contribution in [1.82, 2.24) is 0 Å². The van der Waals surface area contributed by atoms with Crippen LogP contribution >= 0.6 is 15.9 Å². The van der Waals surface area contributed by atoms with E-state index in [0.29, 0.717) is 27.8 Å². The molecule has 0 aliphatic heterocycles. The first-order chi connectivity index (χ1) is 9.63. The van der Waals surface area contributed by atoms with Crippen LogP contribution in [0.5, 0.6) is 5.75 Å². The van der Waals surface area contributed by atoms with Crippen molar-refractivity contribution in [1.29, 1.82) is 0 Å². The third kappa shape index (κ3) is 3.25. The average molecular weight is 337 g/mol. The molecule has 2 aromatic carbocycles. The number of Topliss-reactive ketones (excluding diaryl/α,β-unsaturated/α-hetero) is 1. The minimum absolute atomic E-state index is 0.0268. The Bertz CT molecular complexity index is 626. The zero-order chi connectivity index (χ0) is 14.5. The molecular formula is C16H14BrFO2. The molecule has 0 N–H and O–H groups in total. The van der Waals surface area contributed by atoms with Gasteiger partial charge < -0.3 is 4.74 Å². The van der Waals surface area contributed by atoms with E-state index in [1.165, 1.54) is 6.07 Å². The molecule has 0 aromatic heterocycles. The molecule has 2 rings (SSSR count). The van der Waals surface area contributed by atoms with Crippen LogP contribution in [-0.2, 0) is 6.61 Å². The summed E-state index contributed by atoms with van der Waals surface area (Å²) < 4.78 is 19.5. The molecule has 0 fully saturated rings. The summed E-state index contributed by atoms with van der Waals surface area (Å²) >= 11 is 3.19. The van der Waals surface area contributed by atoms with Crippen LogP contribution in [0.1, 0.15) is 29.3 Å². The predicted octanol–water partition coefficient (Wildman–Crippen LogP) is 4.76. The summed E-state index contributed by atoms with van der Waals surface area (Å²) in [5.74, 6) is 0.221. The number of halogens is 2. The summed E-state index contributed by atoms with van der Waals surface area (Å²) in [7, 11) is 0. The minimum Gasteiger partial charge on any atom is -0.488 e. The van der Waals surface area contributed by atoms with E-state index in [2.05, 4.69) is 15.9 Å². The van der Waals surface area contributed by atoms with Gasteiger partial charge in [-0.1, -0.05) is 31.2 Å². The van der Waals surface area contributed by atoms with Crippen LogP contribution < -0.4 is 4.74 Å². The van der Waals surface area contributed by atoms with Gasteiger partial charge >= 0.3 is 0 Å². The van der Waals surface area contributed by atoms with E-state index < -0.39 is 0 Å². The number of hydrogen-bond acceptors (Lipinski definition) is 2. The van der Waals surface area contributed by atoms with E-state index in [1.807, 2.05) is 13.0 Å². The second kappa shape index (κ2) is 6.66. The Hall–Kier alpha value is -1.68. The van der Waals surface area contributed by atoms with Gasteiger partial charge in [-0.2, -0.15) is 0 Å². The Kier molecular flexibility index (Phi) is 4.90. The van der Waals surface area contributed by atoms with E-state index in [0.717, 1.165) is 0 Å². The van der Waals surface area contributed by atoms with Gasteiger partial charge in [-0.05, 0) is 34.1 Å². The first kappa shape index (κ1) is 14.7. The van der Waals surface area contributed by atoms with Gasteiger partial charge in [0.1, 0.15) is 18.2 Å². The van der Waals surface area contributed by atoms with E-state index >= 15 is 0 Å². The van der Waals surface area contributed by atoms with Gasteiger partial charge in [-0.3, -0.25) is 4.79 Å². The summed E-state index contributed by atoms with van der Waals surface area (Å²) in [6.45, 7) is 2.01. The van der Waals surface area contributed by atoms with E-state index in [1.54, 1.807) is 30.3 Å². The van der Waals surface area contributed by atoms with Gasteiger partial charge in [-0.15, -0.1) is 0 Å². The van der Waals surface area contributed by atoms with Gasteiger partial charge in [0, 0.05) is 12.0 Å². The van der Waals surface area contributed by atoms with Gasteiger partial charge in [0.2, 0.25) is 0 Å². The van der Waals surface area contributed by atoms with Crippen molar-refractivity contribution < 1.29 is 13.9 Å². The van der Waals surface area contributed by atoms with E-state index in [9.17, 15) is 9.18 Å². The van der Waals surface area contributed by atoms with Crippen molar-refractivity contribution in [3.63, 3.8) is 0 Å². The Morgan fingerprint density at radius 2 is 1.95 bits per heavy atom. The fourth-order valence-electron chi connectivity index (χ4n) is 1.83. The van der Waals surface area contributed by atoms with Crippen molar-refractivity contribution in [2.24, 2.45) is 0 Å². The van der Waals surface area contributed by atoms with Gasteiger partial charge in [0.05, 0.1) is 10.0 Å². The molecule has 0 unspecified atom stereocenters. The van der Waals surface area contributed by atoms with Crippen molar-refractivity contribution >= 4 is 21.7 Å². The third-order valence-electron chi connectivity index (χ3n) is 2.92.